The summed E-state index contributed by atoms with van der Waals surface area (Å²) in [6.07, 6.45) is 0. The number of aryl methyl sites for hydroxylation is 1. The Balaban J connectivity index is 1.37. The summed E-state index contributed by atoms with van der Waals surface area (Å²) in [6.45, 7) is 5.34. The van der Waals surface area contributed by atoms with Crippen LogP contribution in [-0.2, 0) is 17.9 Å². The predicted octanol–water partition coefficient (Wildman–Crippen LogP) is 1.24. The highest BCUT2D eigenvalue weighted by molar-refractivity contribution is 5.79. The number of hydrogen-bond acceptors (Lipinski definition) is 6. The zero-order chi connectivity index (χ0) is 18.1. The third-order valence-corrected chi connectivity index (χ3v) is 4.65. The quantitative estimate of drug-likeness (QED) is 0.699. The van der Waals surface area contributed by atoms with E-state index in [2.05, 4.69) is 10.1 Å². The van der Waals surface area contributed by atoms with Gasteiger partial charge in [-0.1, -0.05) is 17.3 Å². The van der Waals surface area contributed by atoms with E-state index in [1.165, 1.54) is 4.57 Å². The molecule has 0 saturated carbocycles. The first-order chi connectivity index (χ1) is 12.6. The van der Waals surface area contributed by atoms with E-state index in [4.69, 9.17) is 8.94 Å². The van der Waals surface area contributed by atoms with Crippen molar-refractivity contribution in [2.45, 2.75) is 20.0 Å². The van der Waals surface area contributed by atoms with Gasteiger partial charge in [-0.05, 0) is 19.1 Å². The molecule has 26 heavy (non-hydrogen) atoms. The van der Waals surface area contributed by atoms with Crippen molar-refractivity contribution in [3.63, 3.8) is 0 Å². The van der Waals surface area contributed by atoms with Crippen molar-refractivity contribution in [3.8, 4) is 0 Å². The van der Waals surface area contributed by atoms with Crippen molar-refractivity contribution in [1.82, 2.24) is 19.5 Å². The molecule has 0 atom stereocenters. The van der Waals surface area contributed by atoms with Crippen LogP contribution >= 0.6 is 0 Å². The number of aromatic nitrogens is 2. The molecule has 1 aliphatic rings. The van der Waals surface area contributed by atoms with Gasteiger partial charge in [0.25, 0.3) is 0 Å². The Labute approximate surface area is 149 Å². The van der Waals surface area contributed by atoms with Gasteiger partial charge in [0, 0.05) is 32.2 Å². The van der Waals surface area contributed by atoms with E-state index in [0.717, 1.165) is 24.5 Å². The number of oxazole rings is 1. The molecule has 136 valence electrons. The summed E-state index contributed by atoms with van der Waals surface area (Å²) in [5.74, 6) is 0.256. The summed E-state index contributed by atoms with van der Waals surface area (Å²) in [5.41, 5.74) is 2.01. The van der Waals surface area contributed by atoms with Crippen LogP contribution < -0.4 is 5.76 Å². The van der Waals surface area contributed by atoms with Gasteiger partial charge in [-0.3, -0.25) is 14.3 Å². The molecule has 3 aromatic rings. The van der Waals surface area contributed by atoms with Crippen LogP contribution in [-0.4, -0.2) is 51.6 Å². The van der Waals surface area contributed by atoms with Gasteiger partial charge in [0.05, 0.1) is 17.8 Å². The van der Waals surface area contributed by atoms with Crippen molar-refractivity contribution >= 4 is 17.0 Å². The molecule has 0 unspecified atom stereocenters. The molecule has 2 aromatic heterocycles. The molecule has 4 rings (SSSR count). The Hall–Kier alpha value is -2.87. The Morgan fingerprint density at radius 3 is 2.69 bits per heavy atom. The number of carbonyl (C=O) groups excluding carboxylic acids is 1. The van der Waals surface area contributed by atoms with Crippen LogP contribution in [0.15, 0.2) is 44.1 Å². The molecule has 0 aliphatic carbocycles. The largest absolute Gasteiger partial charge is 0.420 e. The number of piperazine rings is 1. The monoisotopic (exact) mass is 356 g/mol. The van der Waals surface area contributed by atoms with E-state index in [-0.39, 0.29) is 12.5 Å². The van der Waals surface area contributed by atoms with Crippen LogP contribution in [0.1, 0.15) is 11.5 Å². The van der Waals surface area contributed by atoms with Crippen molar-refractivity contribution in [1.29, 1.82) is 0 Å². The fraction of sp³-hybridized carbons (Fsp3) is 0.389. The Morgan fingerprint density at radius 1 is 1.19 bits per heavy atom. The topological polar surface area (TPSA) is 84.7 Å². The van der Waals surface area contributed by atoms with E-state index >= 15 is 0 Å². The minimum absolute atomic E-state index is 0.00283. The zero-order valence-electron chi connectivity index (χ0n) is 14.6. The van der Waals surface area contributed by atoms with Crippen molar-refractivity contribution in [2.24, 2.45) is 0 Å². The molecule has 3 heterocycles. The number of nitrogens with zero attached hydrogens (tertiary/aromatic N) is 4. The number of hydrogen-bond donors (Lipinski definition) is 0. The van der Waals surface area contributed by atoms with Crippen LogP contribution in [0.25, 0.3) is 11.1 Å². The number of amides is 1. The van der Waals surface area contributed by atoms with Gasteiger partial charge in [0.2, 0.25) is 5.91 Å². The number of fused-ring (bicyclic) bond motifs is 1. The first kappa shape index (κ1) is 16.6. The SMILES string of the molecule is Cc1cc(CN2CCN(C(=O)Cn3c(=O)oc4ccccc43)CC2)on1. The molecular formula is C18H20N4O4. The molecule has 0 bridgehead atoms. The Bertz CT molecular complexity index is 978. The third kappa shape index (κ3) is 3.28. The molecule has 8 heteroatoms. The summed E-state index contributed by atoms with van der Waals surface area (Å²) in [5, 5.41) is 3.89. The number of para-hydroxylation sites is 2. The molecule has 1 aromatic carbocycles. The van der Waals surface area contributed by atoms with Gasteiger partial charge in [-0.25, -0.2) is 4.79 Å². The highest BCUT2D eigenvalue weighted by Gasteiger charge is 2.23. The van der Waals surface area contributed by atoms with Gasteiger partial charge in [0.1, 0.15) is 6.54 Å². The molecule has 1 fully saturated rings. The summed E-state index contributed by atoms with van der Waals surface area (Å²) in [7, 11) is 0. The van der Waals surface area contributed by atoms with Crippen LogP contribution in [0.5, 0.6) is 0 Å². The number of carbonyl (C=O) groups is 1. The van der Waals surface area contributed by atoms with Crippen molar-refractivity contribution < 1.29 is 13.7 Å². The maximum atomic E-state index is 12.6. The Kier molecular flexibility index (Phi) is 4.34. The lowest BCUT2D eigenvalue weighted by Gasteiger charge is -2.34. The van der Waals surface area contributed by atoms with Crippen LogP contribution in [0.2, 0.25) is 0 Å². The minimum atomic E-state index is -0.501. The molecule has 0 spiro atoms. The van der Waals surface area contributed by atoms with Gasteiger partial charge >= 0.3 is 5.76 Å². The van der Waals surface area contributed by atoms with Gasteiger partial charge in [-0.2, -0.15) is 0 Å². The second-order valence-electron chi connectivity index (χ2n) is 6.51. The molecule has 8 nitrogen and oxygen atoms in total. The maximum absolute atomic E-state index is 12.6. The van der Waals surface area contributed by atoms with Gasteiger partial charge < -0.3 is 13.8 Å². The predicted molar refractivity (Wildman–Crippen MR) is 93.6 cm³/mol. The van der Waals surface area contributed by atoms with Crippen molar-refractivity contribution in [3.05, 3.63) is 52.3 Å². The van der Waals surface area contributed by atoms with Crippen LogP contribution in [0.3, 0.4) is 0 Å². The van der Waals surface area contributed by atoms with Crippen LogP contribution in [0, 0.1) is 6.92 Å². The highest BCUT2D eigenvalue weighted by Crippen LogP contribution is 2.13. The summed E-state index contributed by atoms with van der Waals surface area (Å²) in [6, 6.07) is 9.05. The first-order valence-electron chi connectivity index (χ1n) is 8.61. The molecule has 1 aliphatic heterocycles. The molecule has 0 radical (unpaired) electrons. The number of rotatable bonds is 4. The van der Waals surface area contributed by atoms with E-state index in [0.29, 0.717) is 30.7 Å². The van der Waals surface area contributed by atoms with Crippen molar-refractivity contribution in [2.75, 3.05) is 26.2 Å². The third-order valence-electron chi connectivity index (χ3n) is 4.65. The number of benzene rings is 1. The van der Waals surface area contributed by atoms with E-state index < -0.39 is 5.76 Å². The zero-order valence-corrected chi connectivity index (χ0v) is 14.6. The summed E-state index contributed by atoms with van der Waals surface area (Å²) in [4.78, 5) is 28.6. The van der Waals surface area contributed by atoms with E-state index in [1.54, 1.807) is 23.1 Å². The lowest BCUT2D eigenvalue weighted by Crippen LogP contribution is -2.49. The van der Waals surface area contributed by atoms with Gasteiger partial charge in [-0.15, -0.1) is 0 Å². The normalized spacial score (nSPS) is 15.7. The average Bonchev–Trinajstić information content (AvgIpc) is 3.19. The minimum Gasteiger partial charge on any atom is -0.408 e. The molecule has 1 amide bonds. The fourth-order valence-electron chi connectivity index (χ4n) is 3.27. The highest BCUT2D eigenvalue weighted by atomic mass is 16.5. The van der Waals surface area contributed by atoms with Gasteiger partial charge in [0.15, 0.2) is 11.3 Å². The maximum Gasteiger partial charge on any atom is 0.420 e. The molecular weight excluding hydrogens is 336 g/mol. The average molecular weight is 356 g/mol. The molecule has 0 N–H and O–H groups in total. The smallest absolute Gasteiger partial charge is 0.408 e. The summed E-state index contributed by atoms with van der Waals surface area (Å²) < 4.78 is 11.8. The fourth-order valence-corrected chi connectivity index (χ4v) is 3.27. The second-order valence-corrected chi connectivity index (χ2v) is 6.51. The summed E-state index contributed by atoms with van der Waals surface area (Å²) >= 11 is 0. The molecule has 1 saturated heterocycles. The first-order valence-corrected chi connectivity index (χ1v) is 8.61. The second kappa shape index (κ2) is 6.80. The van der Waals surface area contributed by atoms with E-state index in [1.807, 2.05) is 19.1 Å². The van der Waals surface area contributed by atoms with Crippen LogP contribution in [0.4, 0.5) is 0 Å². The standard InChI is InChI=1S/C18H20N4O4/c1-13-10-14(26-19-13)11-20-6-8-21(9-7-20)17(23)12-22-15-4-2-3-5-16(15)25-18(22)24/h2-5,10H,6-9,11-12H2,1H3. The lowest BCUT2D eigenvalue weighted by atomic mass is 10.2. The Morgan fingerprint density at radius 2 is 1.96 bits per heavy atom. The lowest BCUT2D eigenvalue weighted by molar-refractivity contribution is -0.133. The van der Waals surface area contributed by atoms with E-state index in [9.17, 15) is 9.59 Å².